The van der Waals surface area contributed by atoms with Crippen molar-refractivity contribution in [1.82, 2.24) is 34.9 Å². The quantitative estimate of drug-likeness (QED) is 0.420. The third kappa shape index (κ3) is 3.18. The highest BCUT2D eigenvalue weighted by Crippen LogP contribution is 2.37. The van der Waals surface area contributed by atoms with Crippen LogP contribution in [0.25, 0.3) is 39.4 Å². The molecule has 32 heavy (non-hydrogen) atoms. The molecule has 0 amide bonds. The van der Waals surface area contributed by atoms with Crippen LogP contribution in [0.2, 0.25) is 0 Å². The predicted octanol–water partition coefficient (Wildman–Crippen LogP) is 4.49. The van der Waals surface area contributed by atoms with E-state index < -0.39 is 11.6 Å². The highest BCUT2D eigenvalue weighted by Gasteiger charge is 2.27. The fourth-order valence-electron chi connectivity index (χ4n) is 3.65. The van der Waals surface area contributed by atoms with Gasteiger partial charge in [0.1, 0.15) is 23.5 Å². The molecule has 0 unspecified atom stereocenters. The molecular weight excluding hydrogens is 412 g/mol. The van der Waals surface area contributed by atoms with E-state index in [1.807, 2.05) is 18.2 Å². The van der Waals surface area contributed by atoms with Gasteiger partial charge >= 0.3 is 0 Å². The Hall–Kier alpha value is -4.14. The van der Waals surface area contributed by atoms with Crippen molar-refractivity contribution in [2.24, 2.45) is 0 Å². The number of hydrogen-bond donors (Lipinski definition) is 0. The molecule has 0 N–H and O–H groups in total. The van der Waals surface area contributed by atoms with Crippen LogP contribution in [0, 0.1) is 11.6 Å². The number of halogens is 2. The largest absolute Gasteiger partial charge is 0.252 e. The van der Waals surface area contributed by atoms with E-state index in [4.69, 9.17) is 0 Å². The summed E-state index contributed by atoms with van der Waals surface area (Å²) in [6, 6.07) is 12.6. The Morgan fingerprint density at radius 2 is 1.69 bits per heavy atom. The molecule has 2 aromatic carbocycles. The molecule has 156 valence electrons. The van der Waals surface area contributed by atoms with E-state index in [0.717, 1.165) is 24.2 Å². The lowest BCUT2D eigenvalue weighted by molar-refractivity contribution is 0.588. The monoisotopic (exact) mass is 427 g/mol. The Kier molecular flexibility index (Phi) is 4.20. The van der Waals surface area contributed by atoms with E-state index >= 15 is 0 Å². The maximum absolute atomic E-state index is 14.2. The number of rotatable bonds is 4. The van der Waals surface area contributed by atoms with E-state index in [-0.39, 0.29) is 11.3 Å². The molecule has 1 aliphatic rings. The van der Waals surface area contributed by atoms with Crippen LogP contribution in [0.5, 0.6) is 0 Å². The zero-order chi connectivity index (χ0) is 21.7. The molecule has 5 aromatic rings. The van der Waals surface area contributed by atoms with Crippen LogP contribution < -0.4 is 0 Å². The highest BCUT2D eigenvalue weighted by molar-refractivity contribution is 5.93. The normalized spacial score (nSPS) is 13.6. The molecule has 0 saturated heterocycles. The van der Waals surface area contributed by atoms with Crippen molar-refractivity contribution >= 4 is 10.9 Å². The lowest BCUT2D eigenvalue weighted by Crippen LogP contribution is -2.03. The molecule has 0 aliphatic heterocycles. The van der Waals surface area contributed by atoms with Gasteiger partial charge in [-0.25, -0.2) is 23.7 Å². The summed E-state index contributed by atoms with van der Waals surface area (Å²) in [5.41, 5.74) is 1.85. The summed E-state index contributed by atoms with van der Waals surface area (Å²) in [7, 11) is 0. The van der Waals surface area contributed by atoms with Crippen LogP contribution in [0.1, 0.15) is 24.6 Å². The van der Waals surface area contributed by atoms with Crippen molar-refractivity contribution in [2.45, 2.75) is 18.8 Å². The van der Waals surface area contributed by atoms with Crippen molar-refractivity contribution < 1.29 is 8.78 Å². The van der Waals surface area contributed by atoms with Gasteiger partial charge < -0.3 is 0 Å². The molecule has 3 heterocycles. The summed E-state index contributed by atoms with van der Waals surface area (Å²) in [4.78, 5) is 13.3. The maximum Gasteiger partial charge on any atom is 0.252 e. The lowest BCUT2D eigenvalue weighted by Gasteiger charge is -2.08. The Morgan fingerprint density at radius 3 is 2.50 bits per heavy atom. The lowest BCUT2D eigenvalue weighted by atomic mass is 10.0. The van der Waals surface area contributed by atoms with Gasteiger partial charge in [-0.05, 0) is 37.1 Å². The van der Waals surface area contributed by atoms with Crippen molar-refractivity contribution in [3.05, 3.63) is 78.5 Å². The van der Waals surface area contributed by atoms with Crippen molar-refractivity contribution in [3.63, 3.8) is 0 Å². The number of hydrogen-bond acceptors (Lipinski definition) is 6. The van der Waals surface area contributed by atoms with E-state index in [1.54, 1.807) is 29.3 Å². The second kappa shape index (κ2) is 7.23. The first-order chi connectivity index (χ1) is 15.7. The molecule has 3 aromatic heterocycles. The molecule has 6 rings (SSSR count). The Morgan fingerprint density at radius 1 is 0.875 bits per heavy atom. The number of fused-ring (bicyclic) bond motifs is 1. The first-order valence-electron chi connectivity index (χ1n) is 10.1. The van der Waals surface area contributed by atoms with E-state index in [9.17, 15) is 8.78 Å². The topological polar surface area (TPSA) is 82.3 Å². The molecule has 1 saturated carbocycles. The SMILES string of the molecule is Fc1cccc(F)c1-c1cc2cccc(-c3ccnc(-n4cnc(C5CC5)n4)n3)c2nn1. The van der Waals surface area contributed by atoms with Gasteiger partial charge in [0.2, 0.25) is 0 Å². The summed E-state index contributed by atoms with van der Waals surface area (Å²) in [6.45, 7) is 0. The van der Waals surface area contributed by atoms with Crippen LogP contribution in [-0.4, -0.2) is 34.9 Å². The second-order valence-electron chi connectivity index (χ2n) is 7.63. The van der Waals surface area contributed by atoms with E-state index in [2.05, 4.69) is 30.2 Å². The zero-order valence-corrected chi connectivity index (χ0v) is 16.7. The van der Waals surface area contributed by atoms with Crippen LogP contribution in [-0.2, 0) is 0 Å². The molecule has 1 fully saturated rings. The Balaban J connectivity index is 1.43. The van der Waals surface area contributed by atoms with Crippen LogP contribution in [0.4, 0.5) is 8.78 Å². The maximum atomic E-state index is 14.2. The van der Waals surface area contributed by atoms with Gasteiger partial charge in [-0.2, -0.15) is 4.68 Å². The van der Waals surface area contributed by atoms with Gasteiger partial charge in [-0.3, -0.25) is 0 Å². The first-order valence-corrected chi connectivity index (χ1v) is 10.1. The minimum Gasteiger partial charge on any atom is -0.220 e. The van der Waals surface area contributed by atoms with Crippen molar-refractivity contribution in [1.29, 1.82) is 0 Å². The smallest absolute Gasteiger partial charge is 0.220 e. The Labute approximate surface area is 180 Å². The average molecular weight is 427 g/mol. The van der Waals surface area contributed by atoms with Crippen LogP contribution in [0.3, 0.4) is 0 Å². The fourth-order valence-corrected chi connectivity index (χ4v) is 3.65. The predicted molar refractivity (Wildman–Crippen MR) is 113 cm³/mol. The third-order valence-corrected chi connectivity index (χ3v) is 5.41. The standard InChI is InChI=1S/C23H15F2N7/c24-16-5-2-6-17(25)20(16)19-11-14-3-1-4-15(21(14)30-29-19)18-9-10-26-23(28-18)32-12-27-22(31-32)13-7-8-13/h1-6,9-13H,7-8H2. The minimum atomic E-state index is -0.686. The van der Waals surface area contributed by atoms with Gasteiger partial charge in [-0.15, -0.1) is 15.3 Å². The molecule has 0 spiro atoms. The zero-order valence-electron chi connectivity index (χ0n) is 16.7. The molecule has 0 bridgehead atoms. The Bertz CT molecular complexity index is 1460. The number of nitrogens with zero attached hydrogens (tertiary/aromatic N) is 7. The average Bonchev–Trinajstić information content (AvgIpc) is 3.55. The van der Waals surface area contributed by atoms with Crippen molar-refractivity contribution in [3.8, 4) is 28.5 Å². The molecule has 1 aliphatic carbocycles. The number of aromatic nitrogens is 7. The van der Waals surface area contributed by atoms with Crippen molar-refractivity contribution in [2.75, 3.05) is 0 Å². The van der Waals surface area contributed by atoms with Gasteiger partial charge in [0, 0.05) is 23.1 Å². The molecular formula is C23H15F2N7. The van der Waals surface area contributed by atoms with Crippen LogP contribution in [0.15, 0.2) is 61.1 Å². The molecule has 7 nitrogen and oxygen atoms in total. The second-order valence-corrected chi connectivity index (χ2v) is 7.63. The van der Waals surface area contributed by atoms with Gasteiger partial charge in [-0.1, -0.05) is 24.3 Å². The summed E-state index contributed by atoms with van der Waals surface area (Å²) in [6.07, 6.45) is 5.48. The molecule has 9 heteroatoms. The van der Waals surface area contributed by atoms with Gasteiger partial charge in [0.25, 0.3) is 5.95 Å². The molecule has 0 atom stereocenters. The first kappa shape index (κ1) is 18.6. The summed E-state index contributed by atoms with van der Waals surface area (Å²) in [5.74, 6) is 0.267. The minimum absolute atomic E-state index is 0.129. The van der Waals surface area contributed by atoms with E-state index in [0.29, 0.717) is 28.5 Å². The summed E-state index contributed by atoms with van der Waals surface area (Å²) < 4.78 is 30.0. The molecule has 0 radical (unpaired) electrons. The number of benzene rings is 2. The summed E-state index contributed by atoms with van der Waals surface area (Å²) in [5, 5.41) is 13.5. The highest BCUT2D eigenvalue weighted by atomic mass is 19.1. The van der Waals surface area contributed by atoms with Gasteiger partial charge in [0.15, 0.2) is 5.82 Å². The van der Waals surface area contributed by atoms with E-state index in [1.165, 1.54) is 18.2 Å². The van der Waals surface area contributed by atoms with Crippen LogP contribution >= 0.6 is 0 Å². The summed E-state index contributed by atoms with van der Waals surface area (Å²) >= 11 is 0. The van der Waals surface area contributed by atoms with Gasteiger partial charge in [0.05, 0.1) is 17.0 Å². The fraction of sp³-hybridized carbons (Fsp3) is 0.130. The third-order valence-electron chi connectivity index (χ3n) is 5.41.